The normalized spacial score (nSPS) is 17.4. The lowest BCUT2D eigenvalue weighted by atomic mass is 10.2. The Morgan fingerprint density at radius 1 is 1.36 bits per heavy atom. The molecule has 2 rings (SSSR count). The van der Waals surface area contributed by atoms with Gasteiger partial charge in [0.25, 0.3) is 0 Å². The first-order valence-corrected chi connectivity index (χ1v) is 9.31. The fourth-order valence-electron chi connectivity index (χ4n) is 2.40. The van der Waals surface area contributed by atoms with Gasteiger partial charge in [0, 0.05) is 23.7 Å². The maximum Gasteiger partial charge on any atom is 0.407 e. The molecule has 25 heavy (non-hydrogen) atoms. The average molecular weight is 415 g/mol. The topological polar surface area (TPSA) is 68.8 Å². The lowest BCUT2D eigenvalue weighted by Gasteiger charge is -2.19. The van der Waals surface area contributed by atoms with Crippen LogP contribution in [0.5, 0.6) is 5.75 Å². The first kappa shape index (κ1) is 20.0. The predicted molar refractivity (Wildman–Crippen MR) is 99.9 cm³/mol. The highest BCUT2D eigenvalue weighted by Gasteiger charge is 2.16. The van der Waals surface area contributed by atoms with Crippen molar-refractivity contribution in [3.8, 4) is 5.75 Å². The van der Waals surface area contributed by atoms with E-state index in [1.165, 1.54) is 0 Å². The fraction of sp³-hybridized carbons (Fsp3) is 0.611. The van der Waals surface area contributed by atoms with E-state index >= 15 is 0 Å². The molecule has 0 aliphatic carbocycles. The summed E-state index contributed by atoms with van der Waals surface area (Å²) in [7, 11) is 0. The number of carbonyl (C=O) groups is 1. The number of benzene rings is 1. The van der Waals surface area contributed by atoms with Gasteiger partial charge in [0.05, 0.1) is 13.2 Å². The second kappa shape index (κ2) is 9.40. The number of carbonyl (C=O) groups excluding carboxylic acids is 1. The largest absolute Gasteiger partial charge is 0.492 e. The van der Waals surface area contributed by atoms with Crippen LogP contribution < -0.4 is 15.4 Å². The third-order valence-electron chi connectivity index (χ3n) is 3.49. The quantitative estimate of drug-likeness (QED) is 0.670. The van der Waals surface area contributed by atoms with Gasteiger partial charge in [-0.15, -0.1) is 0 Å². The van der Waals surface area contributed by atoms with Gasteiger partial charge in [-0.2, -0.15) is 0 Å². The average Bonchev–Trinajstić information content (AvgIpc) is 3.01. The Balaban J connectivity index is 1.74. The summed E-state index contributed by atoms with van der Waals surface area (Å²) in [6.07, 6.45) is 0.613. The van der Waals surface area contributed by atoms with Crippen LogP contribution in [0.15, 0.2) is 22.7 Å². The van der Waals surface area contributed by atoms with E-state index in [1.54, 1.807) is 0 Å². The van der Waals surface area contributed by atoms with Crippen LogP contribution in [0.3, 0.4) is 0 Å². The first-order valence-electron chi connectivity index (χ1n) is 8.52. The van der Waals surface area contributed by atoms with Crippen molar-refractivity contribution < 1.29 is 19.0 Å². The van der Waals surface area contributed by atoms with Crippen LogP contribution in [0, 0.1) is 0 Å². The molecule has 1 fully saturated rings. The van der Waals surface area contributed by atoms with Gasteiger partial charge in [-0.1, -0.05) is 15.9 Å². The van der Waals surface area contributed by atoms with Gasteiger partial charge in [0.1, 0.15) is 18.0 Å². The van der Waals surface area contributed by atoms with E-state index < -0.39 is 11.7 Å². The van der Waals surface area contributed by atoms with Gasteiger partial charge < -0.3 is 24.8 Å². The van der Waals surface area contributed by atoms with Crippen LogP contribution >= 0.6 is 15.9 Å². The number of amides is 1. The molecule has 0 bridgehead atoms. The summed E-state index contributed by atoms with van der Waals surface area (Å²) in [6, 6.07) is 6.40. The fourth-order valence-corrected chi connectivity index (χ4v) is 2.92. The van der Waals surface area contributed by atoms with Crippen LogP contribution in [0.4, 0.5) is 4.79 Å². The lowest BCUT2D eigenvalue weighted by Crippen LogP contribution is -2.34. The summed E-state index contributed by atoms with van der Waals surface area (Å²) in [4.78, 5) is 11.6. The van der Waals surface area contributed by atoms with E-state index in [2.05, 4.69) is 32.6 Å². The molecule has 1 aromatic carbocycles. The smallest absolute Gasteiger partial charge is 0.407 e. The molecule has 1 heterocycles. The van der Waals surface area contributed by atoms with Crippen molar-refractivity contribution in [2.45, 2.75) is 45.4 Å². The molecule has 0 aromatic heterocycles. The number of ether oxygens (including phenoxy) is 3. The van der Waals surface area contributed by atoms with Crippen LogP contribution in [-0.2, 0) is 16.0 Å². The van der Waals surface area contributed by atoms with E-state index in [0.717, 1.165) is 42.0 Å². The molecule has 1 amide bonds. The van der Waals surface area contributed by atoms with Crippen LogP contribution in [0.25, 0.3) is 0 Å². The van der Waals surface area contributed by atoms with E-state index in [0.29, 0.717) is 19.2 Å². The molecule has 1 aliphatic rings. The number of nitrogens with one attached hydrogen (secondary N) is 2. The highest BCUT2D eigenvalue weighted by molar-refractivity contribution is 9.10. The molecule has 0 spiro atoms. The predicted octanol–water partition coefficient (Wildman–Crippen LogP) is 3.23. The molecule has 1 atom stereocenters. The van der Waals surface area contributed by atoms with Gasteiger partial charge >= 0.3 is 6.09 Å². The number of alkyl carbamates (subject to hydrolysis) is 1. The summed E-state index contributed by atoms with van der Waals surface area (Å²) in [5.41, 5.74) is 0.637. The Bertz CT molecular complexity index is 569. The van der Waals surface area contributed by atoms with Crippen molar-refractivity contribution in [2.75, 3.05) is 26.4 Å². The Morgan fingerprint density at radius 3 is 2.84 bits per heavy atom. The maximum absolute atomic E-state index is 11.6. The second-order valence-electron chi connectivity index (χ2n) is 7.01. The molecular weight excluding hydrogens is 388 g/mol. The Kier molecular flexibility index (Phi) is 7.53. The van der Waals surface area contributed by atoms with Crippen LogP contribution in [0.1, 0.15) is 32.8 Å². The minimum Gasteiger partial charge on any atom is -0.492 e. The molecule has 1 unspecified atom stereocenters. The van der Waals surface area contributed by atoms with Crippen molar-refractivity contribution in [3.05, 3.63) is 28.2 Å². The minimum atomic E-state index is -0.499. The van der Waals surface area contributed by atoms with E-state index in [4.69, 9.17) is 14.2 Å². The van der Waals surface area contributed by atoms with Crippen molar-refractivity contribution in [3.63, 3.8) is 0 Å². The zero-order chi connectivity index (χ0) is 18.3. The summed E-state index contributed by atoms with van der Waals surface area (Å²) >= 11 is 3.51. The molecule has 2 N–H and O–H groups in total. The number of rotatable bonds is 7. The third kappa shape index (κ3) is 8.07. The minimum absolute atomic E-state index is 0.374. The molecule has 0 saturated carbocycles. The van der Waals surface area contributed by atoms with E-state index in [1.807, 2.05) is 32.9 Å². The second-order valence-corrected chi connectivity index (χ2v) is 7.93. The molecule has 6 nitrogen and oxygen atoms in total. The lowest BCUT2D eigenvalue weighted by molar-refractivity contribution is 0.0520. The summed E-state index contributed by atoms with van der Waals surface area (Å²) < 4.78 is 17.2. The standard InChI is InChI=1S/C18H27BrN2O4/c1-18(2,3)25-17(22)20-5-7-24-16-9-13(8-14(19)10-16)11-21-15-4-6-23-12-15/h8-10,15,21H,4-7,11-12H2,1-3H3,(H,20,22). The van der Waals surface area contributed by atoms with Crippen molar-refractivity contribution in [2.24, 2.45) is 0 Å². The third-order valence-corrected chi connectivity index (χ3v) is 3.95. The zero-order valence-electron chi connectivity index (χ0n) is 15.1. The van der Waals surface area contributed by atoms with Crippen LogP contribution in [-0.4, -0.2) is 44.1 Å². The monoisotopic (exact) mass is 414 g/mol. The van der Waals surface area contributed by atoms with Gasteiger partial charge in [-0.05, 0) is 51.0 Å². The Labute approximate surface area is 157 Å². The van der Waals surface area contributed by atoms with Crippen LogP contribution in [0.2, 0.25) is 0 Å². The van der Waals surface area contributed by atoms with E-state index in [9.17, 15) is 4.79 Å². The molecule has 140 valence electrons. The Hall–Kier alpha value is -1.31. The number of hydrogen-bond donors (Lipinski definition) is 2. The van der Waals surface area contributed by atoms with E-state index in [-0.39, 0.29) is 0 Å². The van der Waals surface area contributed by atoms with Gasteiger partial charge in [-0.3, -0.25) is 0 Å². The molecule has 1 saturated heterocycles. The molecule has 0 radical (unpaired) electrons. The van der Waals surface area contributed by atoms with Gasteiger partial charge in [0.15, 0.2) is 0 Å². The van der Waals surface area contributed by atoms with Crippen molar-refractivity contribution in [1.29, 1.82) is 0 Å². The SMILES string of the molecule is CC(C)(C)OC(=O)NCCOc1cc(Br)cc(CNC2CCOC2)c1. The number of halogens is 1. The molecular formula is C18H27BrN2O4. The zero-order valence-corrected chi connectivity index (χ0v) is 16.6. The Morgan fingerprint density at radius 2 is 2.16 bits per heavy atom. The molecule has 1 aliphatic heterocycles. The summed E-state index contributed by atoms with van der Waals surface area (Å²) in [6.45, 7) is 8.61. The maximum atomic E-state index is 11.6. The highest BCUT2D eigenvalue weighted by atomic mass is 79.9. The van der Waals surface area contributed by atoms with Gasteiger partial charge in [0.2, 0.25) is 0 Å². The highest BCUT2D eigenvalue weighted by Crippen LogP contribution is 2.22. The van der Waals surface area contributed by atoms with Crippen molar-refractivity contribution in [1.82, 2.24) is 10.6 Å². The first-order chi connectivity index (χ1) is 11.8. The van der Waals surface area contributed by atoms with Crippen molar-refractivity contribution >= 4 is 22.0 Å². The number of hydrogen-bond acceptors (Lipinski definition) is 5. The molecule has 7 heteroatoms. The molecule has 1 aromatic rings. The summed E-state index contributed by atoms with van der Waals surface area (Å²) in [5, 5.41) is 6.16. The van der Waals surface area contributed by atoms with Gasteiger partial charge in [-0.25, -0.2) is 4.79 Å². The summed E-state index contributed by atoms with van der Waals surface area (Å²) in [5.74, 6) is 0.764.